The third-order valence-corrected chi connectivity index (χ3v) is 8.87. The van der Waals surface area contributed by atoms with E-state index in [2.05, 4.69) is 130 Å². The third-order valence-electron chi connectivity index (χ3n) is 7.94. The Kier molecular flexibility index (Phi) is 3.70. The highest BCUT2D eigenvalue weighted by atomic mass is 32.1. The Labute approximate surface area is 216 Å². The number of rotatable bonds is 2. The van der Waals surface area contributed by atoms with Crippen LogP contribution in [0.4, 0.5) is 0 Å². The van der Waals surface area contributed by atoms with Crippen LogP contribution in [0.1, 0.15) is 0 Å². The van der Waals surface area contributed by atoms with Crippen molar-refractivity contribution in [2.45, 2.75) is 0 Å². The maximum absolute atomic E-state index is 2.45. The van der Waals surface area contributed by atoms with E-state index in [1.807, 2.05) is 11.3 Å². The van der Waals surface area contributed by atoms with Gasteiger partial charge in [-0.15, -0.1) is 11.3 Å². The van der Waals surface area contributed by atoms with Gasteiger partial charge in [0.15, 0.2) is 0 Å². The van der Waals surface area contributed by atoms with Crippen LogP contribution in [0.25, 0.3) is 76.0 Å². The summed E-state index contributed by atoms with van der Waals surface area (Å²) in [5.41, 5.74) is 10.1. The molecule has 5 aromatic carbocycles. The molecule has 0 spiro atoms. The molecule has 9 rings (SSSR count). The van der Waals surface area contributed by atoms with Crippen LogP contribution in [0, 0.1) is 0 Å². The molecule has 0 radical (unpaired) electrons. The zero-order chi connectivity index (χ0) is 24.1. The van der Waals surface area contributed by atoms with Crippen LogP contribution in [0.5, 0.6) is 0 Å². The van der Waals surface area contributed by atoms with E-state index in [9.17, 15) is 0 Å². The number of fused-ring (bicyclic) bond motifs is 9. The van der Waals surface area contributed by atoms with Crippen molar-refractivity contribution in [3.8, 4) is 16.8 Å². The van der Waals surface area contributed by atoms with Crippen molar-refractivity contribution in [2.24, 2.45) is 0 Å². The molecule has 0 unspecified atom stereocenters. The van der Waals surface area contributed by atoms with Gasteiger partial charge in [0.25, 0.3) is 0 Å². The SMILES string of the molecule is c1ccc(-n2c3ccccc3c3cc(-c4ccc5c(c4)c4cccc6c7sccc7n5c46)ccc32)cc1. The fraction of sp³-hybridized carbons (Fsp3) is 0. The van der Waals surface area contributed by atoms with Crippen LogP contribution >= 0.6 is 11.3 Å². The molecule has 0 saturated heterocycles. The summed E-state index contributed by atoms with van der Waals surface area (Å²) in [5.74, 6) is 0. The molecule has 0 aliphatic rings. The number of benzene rings is 5. The first-order valence-corrected chi connectivity index (χ1v) is 13.5. The van der Waals surface area contributed by atoms with E-state index in [0.717, 1.165) is 0 Å². The Morgan fingerprint density at radius 1 is 0.459 bits per heavy atom. The molecule has 2 nitrogen and oxygen atoms in total. The van der Waals surface area contributed by atoms with Crippen molar-refractivity contribution in [3.05, 3.63) is 121 Å². The smallest absolute Gasteiger partial charge is 0.0649 e. The van der Waals surface area contributed by atoms with E-state index in [1.165, 1.54) is 76.0 Å². The minimum Gasteiger partial charge on any atom is -0.309 e. The molecular weight excluding hydrogens is 468 g/mol. The van der Waals surface area contributed by atoms with Gasteiger partial charge in [-0.2, -0.15) is 0 Å². The van der Waals surface area contributed by atoms with Gasteiger partial charge in [0, 0.05) is 32.6 Å². The van der Waals surface area contributed by atoms with E-state index < -0.39 is 0 Å². The number of para-hydroxylation sites is 3. The van der Waals surface area contributed by atoms with E-state index >= 15 is 0 Å². The molecule has 4 heterocycles. The molecule has 0 saturated carbocycles. The first-order chi connectivity index (χ1) is 18.4. The van der Waals surface area contributed by atoms with E-state index in [4.69, 9.17) is 0 Å². The zero-order valence-electron chi connectivity index (χ0n) is 19.8. The van der Waals surface area contributed by atoms with Crippen LogP contribution in [0.15, 0.2) is 121 Å². The quantitative estimate of drug-likeness (QED) is 0.229. The van der Waals surface area contributed by atoms with Gasteiger partial charge < -0.3 is 8.97 Å². The molecule has 0 bridgehead atoms. The fourth-order valence-corrected chi connectivity index (χ4v) is 7.27. The highest BCUT2D eigenvalue weighted by Gasteiger charge is 2.18. The van der Waals surface area contributed by atoms with Gasteiger partial charge in [0.1, 0.15) is 0 Å². The summed E-state index contributed by atoms with van der Waals surface area (Å²) < 4.78 is 6.20. The van der Waals surface area contributed by atoms with Crippen molar-refractivity contribution in [1.82, 2.24) is 8.97 Å². The highest BCUT2D eigenvalue weighted by Crippen LogP contribution is 2.42. The number of aromatic nitrogens is 2. The van der Waals surface area contributed by atoms with Crippen molar-refractivity contribution in [2.75, 3.05) is 0 Å². The lowest BCUT2D eigenvalue weighted by molar-refractivity contribution is 1.18. The predicted molar refractivity (Wildman–Crippen MR) is 159 cm³/mol. The lowest BCUT2D eigenvalue weighted by Gasteiger charge is -2.08. The Morgan fingerprint density at radius 2 is 1.14 bits per heavy atom. The van der Waals surface area contributed by atoms with E-state index in [0.29, 0.717) is 0 Å². The molecule has 4 aromatic heterocycles. The molecular formula is C34H20N2S. The molecule has 0 amide bonds. The van der Waals surface area contributed by atoms with Crippen molar-refractivity contribution in [3.63, 3.8) is 0 Å². The average Bonchev–Trinajstić information content (AvgIpc) is 3.70. The number of thiophene rings is 1. The second kappa shape index (κ2) is 7.00. The summed E-state index contributed by atoms with van der Waals surface area (Å²) >= 11 is 1.83. The molecule has 3 heteroatoms. The molecule has 37 heavy (non-hydrogen) atoms. The summed E-state index contributed by atoms with van der Waals surface area (Å²) in [6, 6.07) is 42.3. The number of nitrogens with zero attached hydrogens (tertiary/aromatic N) is 2. The number of hydrogen-bond donors (Lipinski definition) is 0. The second-order valence-electron chi connectivity index (χ2n) is 9.82. The maximum Gasteiger partial charge on any atom is 0.0649 e. The first-order valence-electron chi connectivity index (χ1n) is 12.6. The summed E-state index contributed by atoms with van der Waals surface area (Å²) in [4.78, 5) is 0. The molecule has 9 aromatic rings. The molecule has 0 atom stereocenters. The fourth-order valence-electron chi connectivity index (χ4n) is 6.37. The van der Waals surface area contributed by atoms with Gasteiger partial charge in [-0.25, -0.2) is 0 Å². The van der Waals surface area contributed by atoms with Gasteiger partial charge in [-0.1, -0.05) is 66.7 Å². The Hall–Kier alpha value is -4.60. The summed E-state index contributed by atoms with van der Waals surface area (Å²) in [7, 11) is 0. The monoisotopic (exact) mass is 488 g/mol. The van der Waals surface area contributed by atoms with E-state index in [1.54, 1.807) is 0 Å². The van der Waals surface area contributed by atoms with Gasteiger partial charge in [-0.3, -0.25) is 0 Å². The molecule has 0 aliphatic heterocycles. The topological polar surface area (TPSA) is 9.34 Å². The predicted octanol–water partition coefficient (Wildman–Crippen LogP) is 9.66. The Morgan fingerprint density at radius 3 is 2.00 bits per heavy atom. The zero-order valence-corrected chi connectivity index (χ0v) is 20.7. The first kappa shape index (κ1) is 19.6. The van der Waals surface area contributed by atoms with Crippen LogP contribution in [-0.2, 0) is 0 Å². The molecule has 0 fully saturated rings. The minimum atomic E-state index is 1.19. The molecule has 0 N–H and O–H groups in total. The van der Waals surface area contributed by atoms with Crippen LogP contribution < -0.4 is 0 Å². The Balaban J connectivity index is 1.31. The van der Waals surface area contributed by atoms with Crippen LogP contribution in [0.2, 0.25) is 0 Å². The van der Waals surface area contributed by atoms with Crippen LogP contribution in [-0.4, -0.2) is 8.97 Å². The summed E-state index contributed by atoms with van der Waals surface area (Å²) in [5, 5.41) is 8.77. The lowest BCUT2D eigenvalue weighted by atomic mass is 10.0. The van der Waals surface area contributed by atoms with Crippen molar-refractivity contribution >= 4 is 70.6 Å². The van der Waals surface area contributed by atoms with Crippen molar-refractivity contribution in [1.29, 1.82) is 0 Å². The molecule has 0 aliphatic carbocycles. The largest absolute Gasteiger partial charge is 0.309 e. The van der Waals surface area contributed by atoms with Gasteiger partial charge in [-0.05, 0) is 65.0 Å². The minimum absolute atomic E-state index is 1.19. The number of hydrogen-bond acceptors (Lipinski definition) is 1. The van der Waals surface area contributed by atoms with Crippen molar-refractivity contribution < 1.29 is 0 Å². The molecule has 172 valence electrons. The maximum atomic E-state index is 2.45. The van der Waals surface area contributed by atoms with E-state index in [-0.39, 0.29) is 0 Å². The Bertz CT molecular complexity index is 2300. The summed E-state index contributed by atoms with van der Waals surface area (Å²) in [6.07, 6.45) is 0. The van der Waals surface area contributed by atoms with Gasteiger partial charge in [0.05, 0.1) is 32.3 Å². The normalized spacial score (nSPS) is 12.3. The summed E-state index contributed by atoms with van der Waals surface area (Å²) in [6.45, 7) is 0. The average molecular weight is 489 g/mol. The van der Waals surface area contributed by atoms with Gasteiger partial charge in [0.2, 0.25) is 0 Å². The highest BCUT2D eigenvalue weighted by molar-refractivity contribution is 7.18. The van der Waals surface area contributed by atoms with Crippen LogP contribution in [0.3, 0.4) is 0 Å². The third kappa shape index (κ3) is 2.49. The second-order valence-corrected chi connectivity index (χ2v) is 10.7. The lowest BCUT2D eigenvalue weighted by Crippen LogP contribution is -1.92. The van der Waals surface area contributed by atoms with Gasteiger partial charge >= 0.3 is 0 Å². The standard InChI is InChI=1S/C34H20N2S/c1-2-7-23(8-3-1)35-29-12-5-4-9-24(29)27-19-21(13-15-30(27)35)22-14-16-31-28(20-22)25-10-6-11-26-33(25)36(31)32-17-18-37-34(26)32/h1-20H.